The van der Waals surface area contributed by atoms with Crippen LogP contribution in [0.4, 0.5) is 24.8 Å². The number of aromatic nitrogens is 4. The van der Waals surface area contributed by atoms with Gasteiger partial charge >= 0.3 is 18.1 Å². The first kappa shape index (κ1) is 64.5. The molecule has 452 valence electrons. The number of carbonyl (C=O) groups excluding carboxylic acids is 6. The highest BCUT2D eigenvalue weighted by Gasteiger charge is 2.44. The highest BCUT2D eigenvalue weighted by Crippen LogP contribution is 2.43. The van der Waals surface area contributed by atoms with Crippen molar-refractivity contribution in [3.05, 3.63) is 148 Å². The van der Waals surface area contributed by atoms with Crippen molar-refractivity contribution < 1.29 is 60.9 Å². The molecule has 25 heteroatoms. The van der Waals surface area contributed by atoms with Crippen molar-refractivity contribution in [2.75, 3.05) is 57.0 Å². The molecular weight excluding hydrogens is 1140 g/mol. The topological polar surface area (TPSA) is 253 Å². The van der Waals surface area contributed by atoms with Crippen molar-refractivity contribution in [1.29, 1.82) is 0 Å². The molecular formula is C60H68F3N9O11S2. The largest absolute Gasteiger partial charge is 0.497 e. The van der Waals surface area contributed by atoms with Gasteiger partial charge in [0.2, 0.25) is 23.7 Å². The van der Waals surface area contributed by atoms with Gasteiger partial charge in [-0.15, -0.1) is 0 Å². The Balaban J connectivity index is 0.873. The number of benzene rings is 4. The lowest BCUT2D eigenvalue weighted by molar-refractivity contribution is -0.170. The van der Waals surface area contributed by atoms with Crippen LogP contribution in [0.3, 0.4) is 0 Å². The zero-order valence-electron chi connectivity index (χ0n) is 48.0. The van der Waals surface area contributed by atoms with E-state index in [1.54, 1.807) is 49.7 Å². The molecule has 0 spiro atoms. The number of alkyl halides is 3. The number of amides is 5. The molecule has 4 atom stereocenters. The summed E-state index contributed by atoms with van der Waals surface area (Å²) < 4.78 is 64.8. The summed E-state index contributed by atoms with van der Waals surface area (Å²) in [7, 11) is 7.52. The number of likely N-dealkylation sites (tertiary alicyclic amines) is 1. The van der Waals surface area contributed by atoms with Crippen molar-refractivity contribution in [3.63, 3.8) is 0 Å². The number of anilines is 2. The summed E-state index contributed by atoms with van der Waals surface area (Å²) in [5, 5.41) is 7.85. The number of aromatic amines is 1. The fraction of sp³-hybridized carbons (Fsp3) is 0.400. The summed E-state index contributed by atoms with van der Waals surface area (Å²) in [5.41, 5.74) is -0.342. The van der Waals surface area contributed by atoms with Gasteiger partial charge in [-0.2, -0.15) is 18.2 Å². The Morgan fingerprint density at radius 3 is 2.06 bits per heavy atom. The number of carbonyl (C=O) groups is 6. The third kappa shape index (κ3) is 16.9. The highest BCUT2D eigenvalue weighted by atomic mass is 33.1. The van der Waals surface area contributed by atoms with E-state index in [4.69, 9.17) is 18.9 Å². The maximum absolute atomic E-state index is 14.0. The van der Waals surface area contributed by atoms with Gasteiger partial charge < -0.3 is 34.5 Å². The molecule has 0 aliphatic carbocycles. The van der Waals surface area contributed by atoms with Gasteiger partial charge in [-0.1, -0.05) is 104 Å². The van der Waals surface area contributed by atoms with Crippen molar-refractivity contribution in [2.45, 2.75) is 95.5 Å². The minimum absolute atomic E-state index is 0.0575. The van der Waals surface area contributed by atoms with Gasteiger partial charge in [0.15, 0.2) is 11.2 Å². The van der Waals surface area contributed by atoms with E-state index in [1.807, 2.05) is 83.8 Å². The lowest BCUT2D eigenvalue weighted by Crippen LogP contribution is -2.42. The number of fused-ring (bicyclic) bond motifs is 1. The van der Waals surface area contributed by atoms with Crippen LogP contribution in [-0.4, -0.2) is 131 Å². The van der Waals surface area contributed by atoms with Gasteiger partial charge in [0.1, 0.15) is 23.1 Å². The SMILES string of the molecule is COC(=O)[C@H](CCC(=O)NCCSSC(C)CCC(=O)N1C[C@H](C)C[C@H]1COC(c1ccccc1)(c1ccc(OC)cc1)c1ccc(OC)cc1)NC(=O)c1ccc(N(Cc2cnc3nc(NC(=O)C(C)C)[nH]c(=O)c3n2)C(=O)C(F)(F)F)cc1. The molecule has 0 radical (unpaired) electrons. The second-order valence-electron chi connectivity index (χ2n) is 20.6. The molecule has 1 fully saturated rings. The third-order valence-electron chi connectivity index (χ3n) is 14.0. The molecule has 6 aromatic rings. The number of rotatable bonds is 27. The molecule has 1 unspecified atom stereocenters. The van der Waals surface area contributed by atoms with Crippen LogP contribution in [0, 0.1) is 11.8 Å². The summed E-state index contributed by atoms with van der Waals surface area (Å²) in [6.07, 6.45) is -2.88. The van der Waals surface area contributed by atoms with E-state index in [2.05, 4.69) is 49.7 Å². The Labute approximate surface area is 497 Å². The van der Waals surface area contributed by atoms with Crippen molar-refractivity contribution in [2.24, 2.45) is 11.8 Å². The van der Waals surface area contributed by atoms with E-state index in [9.17, 15) is 46.7 Å². The summed E-state index contributed by atoms with van der Waals surface area (Å²) in [6, 6.07) is 28.7. The van der Waals surface area contributed by atoms with Crippen LogP contribution in [-0.2, 0) is 45.6 Å². The Hall–Kier alpha value is -8.03. The number of nitrogens with one attached hydrogen (secondary N) is 4. The van der Waals surface area contributed by atoms with E-state index < -0.39 is 65.4 Å². The fourth-order valence-electron chi connectivity index (χ4n) is 9.56. The number of esters is 1. The van der Waals surface area contributed by atoms with Gasteiger partial charge in [-0.3, -0.25) is 44.0 Å². The molecule has 0 bridgehead atoms. The van der Waals surface area contributed by atoms with Crippen LogP contribution < -0.4 is 35.9 Å². The van der Waals surface area contributed by atoms with Gasteiger partial charge in [0, 0.05) is 54.1 Å². The van der Waals surface area contributed by atoms with E-state index in [0.29, 0.717) is 48.1 Å². The van der Waals surface area contributed by atoms with Gasteiger partial charge in [0.25, 0.3) is 11.5 Å². The van der Waals surface area contributed by atoms with E-state index in [-0.39, 0.29) is 76.6 Å². The quantitative estimate of drug-likeness (QED) is 0.0163. The van der Waals surface area contributed by atoms with E-state index in [0.717, 1.165) is 60.7 Å². The molecule has 1 aliphatic rings. The minimum Gasteiger partial charge on any atom is -0.497 e. The second kappa shape index (κ2) is 29.7. The van der Waals surface area contributed by atoms with Crippen LogP contribution >= 0.6 is 21.6 Å². The van der Waals surface area contributed by atoms with Crippen molar-refractivity contribution in [3.8, 4) is 11.5 Å². The molecule has 2 aromatic heterocycles. The molecule has 1 aliphatic heterocycles. The molecule has 0 saturated carbocycles. The maximum Gasteiger partial charge on any atom is 0.471 e. The van der Waals surface area contributed by atoms with Crippen LogP contribution in [0.15, 0.2) is 114 Å². The average molecular weight is 1210 g/mol. The van der Waals surface area contributed by atoms with Gasteiger partial charge in [-0.05, 0) is 90.4 Å². The normalized spacial score (nSPS) is 15.0. The lowest BCUT2D eigenvalue weighted by atomic mass is 9.80. The number of halogens is 3. The van der Waals surface area contributed by atoms with Crippen molar-refractivity contribution >= 4 is 79.9 Å². The monoisotopic (exact) mass is 1210 g/mol. The maximum atomic E-state index is 14.0. The number of hydrogen-bond donors (Lipinski definition) is 4. The third-order valence-corrected chi connectivity index (χ3v) is 17.0. The standard InChI is InChI=1S/C60H68F3N9O11S2/c1-36(2)53(75)69-58-68-52-51(55(77)70-58)66-43(32-65-52)34-72(57(79)60(61,62)63)44-20-14-39(15-21-44)54(76)67-48(56(78)82-7)26-27-49(73)64-29-30-84-85-38(4)13-28-50(74)71-33-37(3)31-45(71)35-83-59(40-11-9-8-10-12-40,41-16-22-46(80-5)23-17-41)42-18-24-47(81-6)25-19-42/h8-12,14-25,32,36-38,45,48H,13,26-31,33-35H2,1-7H3,(H,64,73)(H,67,76)(H2,65,68,69,70,75,77)/t37-,38?,45+,48+/m1/s1. The highest BCUT2D eigenvalue weighted by molar-refractivity contribution is 8.76. The Morgan fingerprint density at radius 1 is 0.824 bits per heavy atom. The summed E-state index contributed by atoms with van der Waals surface area (Å²) in [4.78, 5) is 107. The Kier molecular flexibility index (Phi) is 22.5. The zero-order valence-corrected chi connectivity index (χ0v) is 49.7. The molecule has 4 aromatic carbocycles. The van der Waals surface area contributed by atoms with E-state index in [1.165, 1.54) is 0 Å². The predicted octanol–water partition coefficient (Wildman–Crippen LogP) is 8.38. The average Bonchev–Trinajstić information content (AvgIpc) is 1.64. The van der Waals surface area contributed by atoms with Crippen LogP contribution in [0.5, 0.6) is 11.5 Å². The summed E-state index contributed by atoms with van der Waals surface area (Å²) in [6.45, 7) is 7.84. The first-order valence-electron chi connectivity index (χ1n) is 27.4. The molecule has 20 nitrogen and oxygen atoms in total. The first-order valence-corrected chi connectivity index (χ1v) is 29.8. The van der Waals surface area contributed by atoms with Gasteiger partial charge in [0.05, 0.1) is 52.4 Å². The Bertz CT molecular complexity index is 3290. The molecule has 5 amide bonds. The minimum atomic E-state index is -5.35. The summed E-state index contributed by atoms with van der Waals surface area (Å²) in [5.74, 6) is -3.14. The number of methoxy groups -OCH3 is 3. The summed E-state index contributed by atoms with van der Waals surface area (Å²) >= 11 is 0. The number of ether oxygens (including phenoxy) is 4. The van der Waals surface area contributed by atoms with Crippen LogP contribution in [0.1, 0.15) is 92.5 Å². The molecule has 1 saturated heterocycles. The molecule has 3 heterocycles. The smallest absolute Gasteiger partial charge is 0.471 e. The lowest BCUT2D eigenvalue weighted by Gasteiger charge is -2.38. The first-order chi connectivity index (χ1) is 40.6. The Morgan fingerprint density at radius 2 is 1.46 bits per heavy atom. The number of hydrogen-bond acceptors (Lipinski definition) is 16. The molecule has 7 rings (SSSR count). The van der Waals surface area contributed by atoms with Crippen LogP contribution in [0.25, 0.3) is 11.2 Å². The molecule has 85 heavy (non-hydrogen) atoms. The van der Waals surface area contributed by atoms with E-state index >= 15 is 0 Å². The van der Waals surface area contributed by atoms with Crippen LogP contribution in [0.2, 0.25) is 0 Å². The second-order valence-corrected chi connectivity index (χ2v) is 23.5. The van der Waals surface area contributed by atoms with Crippen molar-refractivity contribution in [1.82, 2.24) is 35.5 Å². The number of nitrogens with zero attached hydrogens (tertiary/aromatic N) is 5. The zero-order chi connectivity index (χ0) is 61.4. The predicted molar refractivity (Wildman–Crippen MR) is 317 cm³/mol. The molecule has 4 N–H and O–H groups in total. The van der Waals surface area contributed by atoms with Gasteiger partial charge in [-0.25, -0.2) is 14.8 Å². The fourth-order valence-corrected chi connectivity index (χ4v) is 11.8. The number of H-pyrrole nitrogens is 1.